The van der Waals surface area contributed by atoms with Crippen LogP contribution >= 0.6 is 12.2 Å². The summed E-state index contributed by atoms with van der Waals surface area (Å²) in [5.74, 6) is 0.197. The predicted molar refractivity (Wildman–Crippen MR) is 109 cm³/mol. The summed E-state index contributed by atoms with van der Waals surface area (Å²) in [4.78, 5) is 9.95. The number of rotatable bonds is 3. The molecule has 0 spiro atoms. The first-order valence-corrected chi connectivity index (χ1v) is 10.5. The molecule has 0 bridgehead atoms. The van der Waals surface area contributed by atoms with Crippen LogP contribution in [0, 0.1) is 0 Å². The van der Waals surface area contributed by atoms with Gasteiger partial charge in [0.25, 0.3) is 0 Å². The van der Waals surface area contributed by atoms with Crippen molar-refractivity contribution in [2.45, 2.75) is 83.0 Å². The van der Waals surface area contributed by atoms with Gasteiger partial charge in [-0.15, -0.1) is 0 Å². The summed E-state index contributed by atoms with van der Waals surface area (Å²) in [6, 6.07) is 1.43. The first-order chi connectivity index (χ1) is 13.3. The van der Waals surface area contributed by atoms with E-state index in [1.807, 2.05) is 11.8 Å². The number of piperidine rings is 1. The molecule has 3 rings (SSSR count). The molecule has 1 aliphatic heterocycles. The second-order valence-corrected chi connectivity index (χ2v) is 8.17. The minimum Gasteiger partial charge on any atom is -0.360 e. The molecular weight excluding hydrogens is 387 g/mol. The van der Waals surface area contributed by atoms with Crippen LogP contribution in [0.3, 0.4) is 0 Å². The van der Waals surface area contributed by atoms with Crippen molar-refractivity contribution in [1.82, 2.24) is 15.3 Å². The average molecular weight is 416 g/mol. The van der Waals surface area contributed by atoms with E-state index in [2.05, 4.69) is 20.6 Å². The molecule has 0 radical (unpaired) electrons. The Balaban J connectivity index is 1.77. The Bertz CT molecular complexity index is 674. The van der Waals surface area contributed by atoms with Gasteiger partial charge in [-0.05, 0) is 51.2 Å². The summed E-state index contributed by atoms with van der Waals surface area (Å²) in [5.41, 5.74) is -0.949. The van der Waals surface area contributed by atoms with Crippen LogP contribution in [0.5, 0.6) is 0 Å². The Labute approximate surface area is 169 Å². The van der Waals surface area contributed by atoms with E-state index in [1.54, 1.807) is 0 Å². The van der Waals surface area contributed by atoms with Crippen molar-refractivity contribution in [2.24, 2.45) is 0 Å². The first kappa shape index (κ1) is 21.1. The number of hydrogen-bond acceptors (Lipinski definition) is 4. The highest BCUT2D eigenvalue weighted by molar-refractivity contribution is 7.80. The SMILES string of the molecule is CC1CCCCN1c1cc(C(F)(F)F)nc(NC(=S)NC2CCCCCC2)n1. The van der Waals surface area contributed by atoms with Crippen LogP contribution in [0.1, 0.15) is 70.4 Å². The van der Waals surface area contributed by atoms with Gasteiger partial charge >= 0.3 is 6.18 Å². The molecule has 28 heavy (non-hydrogen) atoms. The lowest BCUT2D eigenvalue weighted by molar-refractivity contribution is -0.141. The summed E-state index contributed by atoms with van der Waals surface area (Å²) in [6.07, 6.45) is 5.16. The Kier molecular flexibility index (Phi) is 6.95. The first-order valence-electron chi connectivity index (χ1n) is 10.1. The number of aromatic nitrogens is 2. The van der Waals surface area contributed by atoms with Gasteiger partial charge in [-0.25, -0.2) is 4.98 Å². The number of anilines is 2. The fourth-order valence-corrected chi connectivity index (χ4v) is 4.23. The highest BCUT2D eigenvalue weighted by atomic mass is 32.1. The number of nitrogens with zero attached hydrogens (tertiary/aromatic N) is 3. The number of alkyl halides is 3. The largest absolute Gasteiger partial charge is 0.433 e. The number of thiocarbonyl (C=S) groups is 1. The third kappa shape index (κ3) is 5.68. The monoisotopic (exact) mass is 415 g/mol. The van der Waals surface area contributed by atoms with E-state index in [-0.39, 0.29) is 23.1 Å². The molecule has 2 aliphatic rings. The molecule has 2 heterocycles. The average Bonchev–Trinajstić information content (AvgIpc) is 2.89. The van der Waals surface area contributed by atoms with Crippen molar-refractivity contribution in [3.63, 3.8) is 0 Å². The number of nitrogens with one attached hydrogen (secondary N) is 2. The lowest BCUT2D eigenvalue weighted by Crippen LogP contribution is -2.39. The fraction of sp³-hybridized carbons (Fsp3) is 0.737. The van der Waals surface area contributed by atoms with Crippen molar-refractivity contribution in [3.8, 4) is 0 Å². The van der Waals surface area contributed by atoms with Gasteiger partial charge in [0.1, 0.15) is 5.82 Å². The number of hydrogen-bond donors (Lipinski definition) is 2. The van der Waals surface area contributed by atoms with Crippen LogP contribution in [-0.4, -0.2) is 33.7 Å². The van der Waals surface area contributed by atoms with E-state index >= 15 is 0 Å². The van der Waals surface area contributed by atoms with Gasteiger partial charge < -0.3 is 15.5 Å². The van der Waals surface area contributed by atoms with Gasteiger partial charge in [-0.2, -0.15) is 18.2 Å². The molecule has 1 saturated carbocycles. The normalized spacial score (nSPS) is 21.9. The highest BCUT2D eigenvalue weighted by Gasteiger charge is 2.35. The van der Waals surface area contributed by atoms with Crippen molar-refractivity contribution >= 4 is 29.1 Å². The molecule has 0 aromatic carbocycles. The minimum atomic E-state index is -4.54. The lowest BCUT2D eigenvalue weighted by Gasteiger charge is -2.34. The second kappa shape index (κ2) is 9.24. The van der Waals surface area contributed by atoms with E-state index in [0.717, 1.165) is 51.0 Å². The van der Waals surface area contributed by atoms with Crippen molar-refractivity contribution < 1.29 is 13.2 Å². The maximum absolute atomic E-state index is 13.4. The third-order valence-electron chi connectivity index (χ3n) is 5.52. The molecule has 9 heteroatoms. The molecular formula is C19H28F3N5S. The molecule has 1 saturated heterocycles. The Morgan fingerprint density at radius 3 is 2.39 bits per heavy atom. The van der Waals surface area contributed by atoms with Gasteiger partial charge in [0.2, 0.25) is 5.95 Å². The van der Waals surface area contributed by atoms with Crippen molar-refractivity contribution in [2.75, 3.05) is 16.8 Å². The van der Waals surface area contributed by atoms with E-state index in [1.165, 1.54) is 12.8 Å². The lowest BCUT2D eigenvalue weighted by atomic mass is 10.0. The van der Waals surface area contributed by atoms with E-state index in [4.69, 9.17) is 12.2 Å². The molecule has 1 atom stereocenters. The summed E-state index contributed by atoms with van der Waals surface area (Å²) < 4.78 is 40.1. The molecule has 1 aromatic heterocycles. The number of halogens is 3. The van der Waals surface area contributed by atoms with Crippen LogP contribution in [0.2, 0.25) is 0 Å². The maximum Gasteiger partial charge on any atom is 0.433 e. The van der Waals surface area contributed by atoms with E-state index in [0.29, 0.717) is 12.4 Å². The molecule has 1 aliphatic carbocycles. The van der Waals surface area contributed by atoms with Crippen LogP contribution in [0.25, 0.3) is 0 Å². The highest BCUT2D eigenvalue weighted by Crippen LogP contribution is 2.32. The van der Waals surface area contributed by atoms with Gasteiger partial charge in [0.05, 0.1) is 0 Å². The third-order valence-corrected chi connectivity index (χ3v) is 5.74. The van der Waals surface area contributed by atoms with Gasteiger partial charge in [-0.1, -0.05) is 25.7 Å². The summed E-state index contributed by atoms with van der Waals surface area (Å²) in [7, 11) is 0. The molecule has 5 nitrogen and oxygen atoms in total. The molecule has 156 valence electrons. The minimum absolute atomic E-state index is 0.103. The summed E-state index contributed by atoms with van der Waals surface area (Å²) in [6.45, 7) is 2.71. The fourth-order valence-electron chi connectivity index (χ4n) is 3.97. The smallest absolute Gasteiger partial charge is 0.360 e. The topological polar surface area (TPSA) is 53.1 Å². The van der Waals surface area contributed by atoms with E-state index < -0.39 is 11.9 Å². The van der Waals surface area contributed by atoms with Crippen molar-refractivity contribution in [3.05, 3.63) is 11.8 Å². The molecule has 1 unspecified atom stereocenters. The molecule has 2 N–H and O–H groups in total. The zero-order chi connectivity index (χ0) is 20.1. The van der Waals surface area contributed by atoms with E-state index in [9.17, 15) is 13.2 Å². The second-order valence-electron chi connectivity index (χ2n) is 7.76. The van der Waals surface area contributed by atoms with Crippen LogP contribution in [0.15, 0.2) is 6.07 Å². The Morgan fingerprint density at radius 2 is 1.75 bits per heavy atom. The summed E-state index contributed by atoms with van der Waals surface area (Å²) >= 11 is 5.32. The Morgan fingerprint density at radius 1 is 1.07 bits per heavy atom. The molecule has 0 amide bonds. The predicted octanol–water partition coefficient (Wildman–Crippen LogP) is 4.88. The summed E-state index contributed by atoms with van der Waals surface area (Å²) in [5, 5.41) is 6.29. The standard InChI is InChI=1S/C19H28F3N5S/c1-13-8-6-7-11-27(13)16-12-15(19(20,21)22)24-17(25-16)26-18(28)23-14-9-4-2-3-5-10-14/h12-14H,2-11H2,1H3,(H2,23,24,25,26,28). The van der Waals surface area contributed by atoms with Crippen LogP contribution in [-0.2, 0) is 6.18 Å². The van der Waals surface area contributed by atoms with Crippen LogP contribution in [0.4, 0.5) is 24.9 Å². The zero-order valence-corrected chi connectivity index (χ0v) is 17.0. The van der Waals surface area contributed by atoms with Gasteiger partial charge in [0.15, 0.2) is 10.8 Å². The Hall–Kier alpha value is -1.64. The maximum atomic E-state index is 13.4. The van der Waals surface area contributed by atoms with Crippen LogP contribution < -0.4 is 15.5 Å². The molecule has 1 aromatic rings. The van der Waals surface area contributed by atoms with Gasteiger partial charge in [-0.3, -0.25) is 0 Å². The quantitative estimate of drug-likeness (QED) is 0.542. The zero-order valence-electron chi connectivity index (χ0n) is 16.2. The van der Waals surface area contributed by atoms with Gasteiger partial charge in [0, 0.05) is 24.7 Å². The van der Waals surface area contributed by atoms with Crippen molar-refractivity contribution in [1.29, 1.82) is 0 Å². The molecule has 2 fully saturated rings.